The van der Waals surface area contributed by atoms with Crippen molar-refractivity contribution in [1.82, 2.24) is 4.90 Å². The molecule has 1 aromatic carbocycles. The van der Waals surface area contributed by atoms with Gasteiger partial charge in [0.05, 0.1) is 17.9 Å². The zero-order chi connectivity index (χ0) is 13.1. The predicted octanol–water partition coefficient (Wildman–Crippen LogP) is 1.72. The third kappa shape index (κ3) is 2.75. The largest absolute Gasteiger partial charge is 0.397 e. The standard InChI is InChI=1S/C14H21N3O/c1-3-17(13-7-5-4-6-12(13)15)10-14(18)16(2)11-8-9-11/h4-7,11H,3,8-10,15H2,1-2H3. The van der Waals surface area contributed by atoms with Crippen molar-refractivity contribution in [2.75, 3.05) is 30.8 Å². The van der Waals surface area contributed by atoms with Crippen molar-refractivity contribution in [1.29, 1.82) is 0 Å². The van der Waals surface area contributed by atoms with Crippen LogP contribution in [-0.4, -0.2) is 37.0 Å². The minimum Gasteiger partial charge on any atom is -0.397 e. The lowest BCUT2D eigenvalue weighted by molar-refractivity contribution is -0.128. The average molecular weight is 247 g/mol. The maximum Gasteiger partial charge on any atom is 0.242 e. The summed E-state index contributed by atoms with van der Waals surface area (Å²) in [6.45, 7) is 3.22. The molecule has 0 saturated heterocycles. The molecule has 0 bridgehead atoms. The number of carbonyl (C=O) groups excluding carboxylic acids is 1. The summed E-state index contributed by atoms with van der Waals surface area (Å²) in [7, 11) is 1.89. The van der Waals surface area contributed by atoms with Crippen molar-refractivity contribution < 1.29 is 4.79 Å². The predicted molar refractivity (Wildman–Crippen MR) is 74.5 cm³/mol. The number of nitrogen functional groups attached to an aromatic ring is 1. The van der Waals surface area contributed by atoms with Crippen molar-refractivity contribution in [3.8, 4) is 0 Å². The number of hydrogen-bond donors (Lipinski definition) is 1. The summed E-state index contributed by atoms with van der Waals surface area (Å²) < 4.78 is 0. The molecule has 2 rings (SSSR count). The van der Waals surface area contributed by atoms with E-state index in [9.17, 15) is 4.79 Å². The first-order valence-corrected chi connectivity index (χ1v) is 6.48. The molecular formula is C14H21N3O. The number of nitrogens with zero attached hydrogens (tertiary/aromatic N) is 2. The second-order valence-corrected chi connectivity index (χ2v) is 4.81. The van der Waals surface area contributed by atoms with Crippen molar-refractivity contribution in [2.24, 2.45) is 0 Å². The van der Waals surface area contributed by atoms with Crippen molar-refractivity contribution in [2.45, 2.75) is 25.8 Å². The van der Waals surface area contributed by atoms with Crippen molar-refractivity contribution in [3.63, 3.8) is 0 Å². The van der Waals surface area contributed by atoms with Crippen molar-refractivity contribution in [3.05, 3.63) is 24.3 Å². The van der Waals surface area contributed by atoms with Crippen LogP contribution in [0.25, 0.3) is 0 Å². The number of nitrogens with two attached hydrogens (primary N) is 1. The van der Waals surface area contributed by atoms with Gasteiger partial charge in [-0.3, -0.25) is 4.79 Å². The number of hydrogen-bond acceptors (Lipinski definition) is 3. The number of carbonyl (C=O) groups is 1. The Kier molecular flexibility index (Phi) is 3.75. The fourth-order valence-electron chi connectivity index (χ4n) is 2.08. The quantitative estimate of drug-likeness (QED) is 0.806. The molecule has 0 atom stereocenters. The summed E-state index contributed by atoms with van der Waals surface area (Å²) >= 11 is 0. The lowest BCUT2D eigenvalue weighted by Gasteiger charge is -2.26. The number of para-hydroxylation sites is 2. The van der Waals surface area contributed by atoms with Crippen LogP contribution in [0.1, 0.15) is 19.8 Å². The van der Waals surface area contributed by atoms with E-state index < -0.39 is 0 Å². The lowest BCUT2D eigenvalue weighted by atomic mass is 10.2. The Hall–Kier alpha value is -1.71. The summed E-state index contributed by atoms with van der Waals surface area (Å²) in [5.41, 5.74) is 7.62. The topological polar surface area (TPSA) is 49.6 Å². The highest BCUT2D eigenvalue weighted by atomic mass is 16.2. The fourth-order valence-corrected chi connectivity index (χ4v) is 2.08. The molecule has 1 aromatic rings. The average Bonchev–Trinajstić information content (AvgIpc) is 3.20. The van der Waals surface area contributed by atoms with E-state index in [0.29, 0.717) is 12.6 Å². The van der Waals surface area contributed by atoms with Crippen LogP contribution in [0.2, 0.25) is 0 Å². The highest BCUT2D eigenvalue weighted by molar-refractivity contribution is 5.83. The maximum atomic E-state index is 12.1. The molecule has 0 aromatic heterocycles. The summed E-state index contributed by atoms with van der Waals surface area (Å²) in [5, 5.41) is 0. The van der Waals surface area contributed by atoms with Gasteiger partial charge in [0.2, 0.25) is 5.91 Å². The zero-order valence-electron chi connectivity index (χ0n) is 11.1. The van der Waals surface area contributed by atoms with E-state index in [4.69, 9.17) is 5.73 Å². The van der Waals surface area contributed by atoms with E-state index in [1.807, 2.05) is 48.0 Å². The van der Waals surface area contributed by atoms with Gasteiger partial charge in [0.1, 0.15) is 0 Å². The van der Waals surface area contributed by atoms with Gasteiger partial charge >= 0.3 is 0 Å². The molecule has 98 valence electrons. The molecule has 0 heterocycles. The third-order valence-electron chi connectivity index (χ3n) is 3.47. The molecule has 1 saturated carbocycles. The van der Waals surface area contributed by atoms with Crippen LogP contribution in [0.15, 0.2) is 24.3 Å². The number of likely N-dealkylation sites (N-methyl/N-ethyl adjacent to an activating group) is 2. The van der Waals surface area contributed by atoms with Gasteiger partial charge in [-0.15, -0.1) is 0 Å². The van der Waals surface area contributed by atoms with Crippen LogP contribution in [0.4, 0.5) is 11.4 Å². The third-order valence-corrected chi connectivity index (χ3v) is 3.47. The molecule has 1 aliphatic carbocycles. The van der Waals surface area contributed by atoms with E-state index in [1.54, 1.807) is 0 Å². The lowest BCUT2D eigenvalue weighted by Crippen LogP contribution is -2.39. The van der Waals surface area contributed by atoms with Gasteiger partial charge in [0.15, 0.2) is 0 Å². The number of anilines is 2. The van der Waals surface area contributed by atoms with Gasteiger partial charge < -0.3 is 15.5 Å². The molecule has 18 heavy (non-hydrogen) atoms. The van der Waals surface area contributed by atoms with E-state index in [0.717, 1.165) is 30.8 Å². The van der Waals surface area contributed by atoms with Gasteiger partial charge in [0, 0.05) is 19.6 Å². The first-order valence-electron chi connectivity index (χ1n) is 6.48. The minimum atomic E-state index is 0.169. The van der Waals surface area contributed by atoms with Gasteiger partial charge in [0.25, 0.3) is 0 Å². The number of amides is 1. The number of rotatable bonds is 5. The Labute approximate surface area is 108 Å². The van der Waals surface area contributed by atoms with E-state index in [-0.39, 0.29) is 5.91 Å². The molecule has 1 amide bonds. The van der Waals surface area contributed by atoms with E-state index in [1.165, 1.54) is 0 Å². The maximum absolute atomic E-state index is 12.1. The van der Waals surface area contributed by atoms with Gasteiger partial charge in [-0.05, 0) is 31.9 Å². The summed E-state index contributed by atoms with van der Waals surface area (Å²) in [6, 6.07) is 8.15. The zero-order valence-corrected chi connectivity index (χ0v) is 11.1. The summed E-state index contributed by atoms with van der Waals surface area (Å²) in [6.07, 6.45) is 2.28. The molecular weight excluding hydrogens is 226 g/mol. The van der Waals surface area contributed by atoms with Gasteiger partial charge in [-0.2, -0.15) is 0 Å². The number of benzene rings is 1. The van der Waals surface area contributed by atoms with E-state index >= 15 is 0 Å². The molecule has 1 aliphatic rings. The van der Waals surface area contributed by atoms with Crippen molar-refractivity contribution >= 4 is 17.3 Å². The Balaban J connectivity index is 2.05. The molecule has 1 fully saturated rings. The Morgan fingerprint density at radius 2 is 2.06 bits per heavy atom. The highest BCUT2D eigenvalue weighted by Crippen LogP contribution is 2.26. The monoisotopic (exact) mass is 247 g/mol. The van der Waals surface area contributed by atoms with Gasteiger partial charge in [-0.25, -0.2) is 0 Å². The van der Waals surface area contributed by atoms with Crippen LogP contribution in [-0.2, 0) is 4.79 Å². The summed E-state index contributed by atoms with van der Waals surface area (Å²) in [5.74, 6) is 0.169. The second-order valence-electron chi connectivity index (χ2n) is 4.81. The van der Waals surface area contributed by atoms with Crippen LogP contribution < -0.4 is 10.6 Å². The molecule has 0 aliphatic heterocycles. The van der Waals surface area contributed by atoms with Crippen LogP contribution >= 0.6 is 0 Å². The first-order chi connectivity index (χ1) is 8.63. The molecule has 0 radical (unpaired) electrons. The Bertz CT molecular complexity index is 429. The smallest absolute Gasteiger partial charge is 0.242 e. The first kappa shape index (κ1) is 12.7. The molecule has 0 spiro atoms. The molecule has 2 N–H and O–H groups in total. The minimum absolute atomic E-state index is 0.169. The van der Waals surface area contributed by atoms with Crippen LogP contribution in [0.5, 0.6) is 0 Å². The SMILES string of the molecule is CCN(CC(=O)N(C)C1CC1)c1ccccc1N. The van der Waals surface area contributed by atoms with E-state index in [2.05, 4.69) is 0 Å². The highest BCUT2D eigenvalue weighted by Gasteiger charge is 2.30. The summed E-state index contributed by atoms with van der Waals surface area (Å²) in [4.78, 5) is 16.0. The van der Waals surface area contributed by atoms with Crippen LogP contribution in [0.3, 0.4) is 0 Å². The van der Waals surface area contributed by atoms with Crippen LogP contribution in [0, 0.1) is 0 Å². The Morgan fingerprint density at radius 3 is 2.61 bits per heavy atom. The molecule has 0 unspecified atom stereocenters. The Morgan fingerprint density at radius 1 is 1.39 bits per heavy atom. The normalized spacial score (nSPS) is 14.3. The molecule has 4 heteroatoms. The molecule has 4 nitrogen and oxygen atoms in total. The fraction of sp³-hybridized carbons (Fsp3) is 0.500. The second kappa shape index (κ2) is 5.29. The van der Waals surface area contributed by atoms with Gasteiger partial charge in [-0.1, -0.05) is 12.1 Å².